The fraction of sp³-hybridized carbons (Fsp3) is 0.842. The lowest BCUT2D eigenvalue weighted by Crippen LogP contribution is -2.44. The molecule has 0 aliphatic carbocycles. The summed E-state index contributed by atoms with van der Waals surface area (Å²) < 4.78 is 2.31. The van der Waals surface area contributed by atoms with E-state index in [1.54, 1.807) is 0 Å². The summed E-state index contributed by atoms with van der Waals surface area (Å²) in [6.45, 7) is 6.51. The molecule has 4 heterocycles. The molecule has 7 nitrogen and oxygen atoms in total. The summed E-state index contributed by atoms with van der Waals surface area (Å²) in [5.41, 5.74) is 0. The van der Waals surface area contributed by atoms with Crippen molar-refractivity contribution in [2.45, 2.75) is 70.5 Å². The Morgan fingerprint density at radius 3 is 2.63 bits per heavy atom. The SMILES string of the molecule is CN=C(NCc1nnc2n1CCCCC2)N1CCC(N2CCCCC2)C1.I. The number of aliphatic imine (C=N–C) groups is 1. The molecular formula is C19H34IN7. The Labute approximate surface area is 180 Å². The maximum Gasteiger partial charge on any atom is 0.194 e. The summed E-state index contributed by atoms with van der Waals surface area (Å²) in [5, 5.41) is 12.4. The first-order chi connectivity index (χ1) is 12.8. The molecule has 4 rings (SSSR count). The van der Waals surface area contributed by atoms with Crippen LogP contribution in [0.2, 0.25) is 0 Å². The maximum atomic E-state index is 4.54. The van der Waals surface area contributed by atoms with Crippen LogP contribution in [0.1, 0.15) is 56.6 Å². The van der Waals surface area contributed by atoms with Crippen molar-refractivity contribution < 1.29 is 0 Å². The summed E-state index contributed by atoms with van der Waals surface area (Å²) in [6.07, 6.45) is 10.2. The molecular weight excluding hydrogens is 453 g/mol. The normalized spacial score (nSPS) is 24.3. The topological polar surface area (TPSA) is 61.6 Å². The lowest BCUT2D eigenvalue weighted by molar-refractivity contribution is 0.168. The highest BCUT2D eigenvalue weighted by atomic mass is 127. The zero-order chi connectivity index (χ0) is 17.8. The van der Waals surface area contributed by atoms with Crippen LogP contribution < -0.4 is 5.32 Å². The molecule has 0 aromatic carbocycles. The number of aryl methyl sites for hydroxylation is 1. The first kappa shape index (κ1) is 20.8. The van der Waals surface area contributed by atoms with Crippen LogP contribution in [0, 0.1) is 0 Å². The van der Waals surface area contributed by atoms with E-state index >= 15 is 0 Å². The molecule has 152 valence electrons. The summed E-state index contributed by atoms with van der Waals surface area (Å²) in [4.78, 5) is 9.64. The molecule has 2 fully saturated rings. The Bertz CT molecular complexity index is 624. The highest BCUT2D eigenvalue weighted by molar-refractivity contribution is 14.0. The van der Waals surface area contributed by atoms with Crippen molar-refractivity contribution in [1.82, 2.24) is 29.9 Å². The lowest BCUT2D eigenvalue weighted by Gasteiger charge is -2.32. The molecule has 3 aliphatic rings. The van der Waals surface area contributed by atoms with E-state index in [-0.39, 0.29) is 24.0 Å². The Balaban J connectivity index is 0.00000210. The van der Waals surface area contributed by atoms with E-state index in [9.17, 15) is 0 Å². The Morgan fingerprint density at radius 2 is 1.81 bits per heavy atom. The predicted octanol–water partition coefficient (Wildman–Crippen LogP) is 2.26. The van der Waals surface area contributed by atoms with Crippen molar-refractivity contribution in [2.75, 3.05) is 33.2 Å². The summed E-state index contributed by atoms with van der Waals surface area (Å²) in [5.74, 6) is 3.21. The molecule has 0 amide bonds. The maximum absolute atomic E-state index is 4.54. The van der Waals surface area contributed by atoms with Crippen molar-refractivity contribution >= 4 is 29.9 Å². The van der Waals surface area contributed by atoms with E-state index in [4.69, 9.17) is 0 Å². The van der Waals surface area contributed by atoms with Gasteiger partial charge in [-0.15, -0.1) is 34.2 Å². The Kier molecular flexibility index (Phi) is 7.75. The zero-order valence-electron chi connectivity index (χ0n) is 16.6. The van der Waals surface area contributed by atoms with E-state index in [1.807, 2.05) is 7.05 Å². The largest absolute Gasteiger partial charge is 0.349 e. The van der Waals surface area contributed by atoms with Crippen molar-refractivity contribution in [2.24, 2.45) is 4.99 Å². The second-order valence-corrected chi connectivity index (χ2v) is 7.88. The fourth-order valence-corrected chi connectivity index (χ4v) is 4.68. The van der Waals surface area contributed by atoms with Gasteiger partial charge in [0, 0.05) is 39.1 Å². The number of nitrogens with one attached hydrogen (secondary N) is 1. The van der Waals surface area contributed by atoms with Crippen LogP contribution >= 0.6 is 24.0 Å². The number of fused-ring (bicyclic) bond motifs is 1. The van der Waals surface area contributed by atoms with Crippen LogP contribution in [-0.4, -0.2) is 69.8 Å². The molecule has 0 spiro atoms. The average molecular weight is 487 g/mol. The van der Waals surface area contributed by atoms with Gasteiger partial charge in [-0.2, -0.15) is 0 Å². The first-order valence-corrected chi connectivity index (χ1v) is 10.5. The highest BCUT2D eigenvalue weighted by Gasteiger charge is 2.30. The number of piperidine rings is 1. The number of nitrogens with zero attached hydrogens (tertiary/aromatic N) is 6. The first-order valence-electron chi connectivity index (χ1n) is 10.5. The van der Waals surface area contributed by atoms with Crippen molar-refractivity contribution in [3.63, 3.8) is 0 Å². The number of halogens is 1. The van der Waals surface area contributed by atoms with Gasteiger partial charge in [0.25, 0.3) is 0 Å². The quantitative estimate of drug-likeness (QED) is 0.403. The minimum absolute atomic E-state index is 0. The van der Waals surface area contributed by atoms with E-state index in [2.05, 4.69) is 34.9 Å². The van der Waals surface area contributed by atoms with Gasteiger partial charge in [-0.25, -0.2) is 0 Å². The smallest absolute Gasteiger partial charge is 0.194 e. The third kappa shape index (κ3) is 4.93. The molecule has 3 aliphatic heterocycles. The van der Waals surface area contributed by atoms with Crippen LogP contribution in [0.3, 0.4) is 0 Å². The van der Waals surface area contributed by atoms with Gasteiger partial charge < -0.3 is 14.8 Å². The van der Waals surface area contributed by atoms with Gasteiger partial charge in [0.05, 0.1) is 6.54 Å². The van der Waals surface area contributed by atoms with Crippen LogP contribution in [0.15, 0.2) is 4.99 Å². The predicted molar refractivity (Wildman–Crippen MR) is 119 cm³/mol. The molecule has 27 heavy (non-hydrogen) atoms. The number of rotatable bonds is 3. The summed E-state index contributed by atoms with van der Waals surface area (Å²) in [7, 11) is 1.89. The minimum atomic E-state index is 0. The Hall–Kier alpha value is -0.900. The molecule has 1 aromatic heterocycles. The van der Waals surface area contributed by atoms with Gasteiger partial charge in [0.1, 0.15) is 5.82 Å². The van der Waals surface area contributed by atoms with Gasteiger partial charge in [-0.1, -0.05) is 12.8 Å². The number of aromatic nitrogens is 3. The molecule has 1 unspecified atom stereocenters. The molecule has 0 saturated carbocycles. The lowest BCUT2D eigenvalue weighted by atomic mass is 10.1. The number of likely N-dealkylation sites (tertiary alicyclic amines) is 2. The molecule has 8 heteroatoms. The van der Waals surface area contributed by atoms with Crippen molar-refractivity contribution in [3.05, 3.63) is 11.6 Å². The number of guanidine groups is 1. The summed E-state index contributed by atoms with van der Waals surface area (Å²) in [6, 6.07) is 0.693. The van der Waals surface area contributed by atoms with E-state index in [0.717, 1.165) is 43.7 Å². The molecule has 1 atom stereocenters. The van der Waals surface area contributed by atoms with Gasteiger partial charge in [-0.3, -0.25) is 9.89 Å². The van der Waals surface area contributed by atoms with Gasteiger partial charge in [-0.05, 0) is 45.2 Å². The molecule has 0 radical (unpaired) electrons. The Morgan fingerprint density at radius 1 is 1.04 bits per heavy atom. The third-order valence-electron chi connectivity index (χ3n) is 6.17. The van der Waals surface area contributed by atoms with Gasteiger partial charge in [0.15, 0.2) is 11.8 Å². The van der Waals surface area contributed by atoms with Crippen LogP contribution in [0.4, 0.5) is 0 Å². The second kappa shape index (κ2) is 10.0. The number of hydrogen-bond donors (Lipinski definition) is 1. The molecule has 2 saturated heterocycles. The van der Waals surface area contributed by atoms with Gasteiger partial charge >= 0.3 is 0 Å². The molecule has 1 N–H and O–H groups in total. The fourth-order valence-electron chi connectivity index (χ4n) is 4.68. The number of hydrogen-bond acceptors (Lipinski definition) is 4. The van der Waals surface area contributed by atoms with Crippen molar-refractivity contribution in [1.29, 1.82) is 0 Å². The van der Waals surface area contributed by atoms with Crippen LogP contribution in [0.25, 0.3) is 0 Å². The van der Waals surface area contributed by atoms with E-state index in [1.165, 1.54) is 58.0 Å². The average Bonchev–Trinajstić information content (AvgIpc) is 3.25. The zero-order valence-corrected chi connectivity index (χ0v) is 18.9. The monoisotopic (exact) mass is 487 g/mol. The van der Waals surface area contributed by atoms with Gasteiger partial charge in [0.2, 0.25) is 0 Å². The molecule has 0 bridgehead atoms. The van der Waals surface area contributed by atoms with Crippen LogP contribution in [0.5, 0.6) is 0 Å². The highest BCUT2D eigenvalue weighted by Crippen LogP contribution is 2.20. The second-order valence-electron chi connectivity index (χ2n) is 7.88. The van der Waals surface area contributed by atoms with Crippen LogP contribution in [-0.2, 0) is 19.5 Å². The van der Waals surface area contributed by atoms with E-state index < -0.39 is 0 Å². The standard InChI is InChI=1S/C19H33N7.HI/c1-20-19(25-13-9-16(15-25)24-10-5-3-6-11-24)21-14-18-23-22-17-8-4-2-7-12-26(17)18;/h16H,2-15H2,1H3,(H,20,21);1H. The molecule has 1 aromatic rings. The third-order valence-corrected chi connectivity index (χ3v) is 6.17. The minimum Gasteiger partial charge on any atom is -0.349 e. The van der Waals surface area contributed by atoms with E-state index in [0.29, 0.717) is 12.6 Å². The summed E-state index contributed by atoms with van der Waals surface area (Å²) >= 11 is 0. The van der Waals surface area contributed by atoms with Crippen molar-refractivity contribution in [3.8, 4) is 0 Å².